The molecular formula is C16H14N6O6S. The fourth-order valence-corrected chi connectivity index (χ4v) is 3.12. The molecule has 29 heavy (non-hydrogen) atoms. The second-order valence-corrected chi connectivity index (χ2v) is 6.85. The summed E-state index contributed by atoms with van der Waals surface area (Å²) in [6.07, 6.45) is 2.62. The molecule has 1 saturated heterocycles. The van der Waals surface area contributed by atoms with Gasteiger partial charge in [-0.15, -0.1) is 9.78 Å². The normalized spacial score (nSPS) is 17.6. The van der Waals surface area contributed by atoms with Gasteiger partial charge in [0.25, 0.3) is 0 Å². The Hall–Kier alpha value is -3.74. The van der Waals surface area contributed by atoms with E-state index in [1.165, 1.54) is 23.2 Å². The Bertz CT molecular complexity index is 986. The van der Waals surface area contributed by atoms with Crippen molar-refractivity contribution in [2.45, 2.75) is 18.4 Å². The summed E-state index contributed by atoms with van der Waals surface area (Å²) >= 11 is 1.02. The van der Waals surface area contributed by atoms with Crippen LogP contribution in [0.4, 0.5) is 5.82 Å². The summed E-state index contributed by atoms with van der Waals surface area (Å²) in [4.78, 5) is 32.3. The first-order valence-corrected chi connectivity index (χ1v) is 9.00. The predicted molar refractivity (Wildman–Crippen MR) is 103 cm³/mol. The zero-order chi connectivity index (χ0) is 20.8. The molecule has 2 N–H and O–H groups in total. The SMILES string of the molecule is O=C(O)CC1SC(=NN=Cc2ccc(OCn3ccc([N+](=O)[O-])n3)cc2)NC1=O. The Morgan fingerprint density at radius 2 is 2.17 bits per heavy atom. The van der Waals surface area contributed by atoms with Crippen LogP contribution < -0.4 is 10.1 Å². The van der Waals surface area contributed by atoms with E-state index < -0.39 is 22.0 Å². The molecule has 0 saturated carbocycles. The van der Waals surface area contributed by atoms with Crippen LogP contribution in [0.1, 0.15) is 12.0 Å². The topological polar surface area (TPSA) is 161 Å². The van der Waals surface area contributed by atoms with Crippen molar-refractivity contribution in [1.82, 2.24) is 15.1 Å². The third-order valence-corrected chi connectivity index (χ3v) is 4.62. The molecule has 1 fully saturated rings. The van der Waals surface area contributed by atoms with Crippen molar-refractivity contribution in [3.63, 3.8) is 0 Å². The lowest BCUT2D eigenvalue weighted by Gasteiger charge is -2.03. The number of nitrogens with zero attached hydrogens (tertiary/aromatic N) is 5. The first-order chi connectivity index (χ1) is 13.9. The van der Waals surface area contributed by atoms with Gasteiger partial charge in [-0.2, -0.15) is 5.10 Å². The number of nitro groups is 1. The summed E-state index contributed by atoms with van der Waals surface area (Å²) < 4.78 is 6.79. The molecule has 13 heteroatoms. The zero-order valence-corrected chi connectivity index (χ0v) is 15.5. The number of hydrogen-bond donors (Lipinski definition) is 2. The van der Waals surface area contributed by atoms with Crippen molar-refractivity contribution < 1.29 is 24.4 Å². The average molecular weight is 418 g/mol. The Morgan fingerprint density at radius 3 is 2.83 bits per heavy atom. The highest BCUT2D eigenvalue weighted by Gasteiger charge is 2.32. The van der Waals surface area contributed by atoms with Gasteiger partial charge >= 0.3 is 11.8 Å². The number of benzene rings is 1. The number of aromatic nitrogens is 2. The molecule has 0 aliphatic carbocycles. The molecule has 1 unspecified atom stereocenters. The first kappa shape index (κ1) is 20.0. The number of thioether (sulfide) groups is 1. The van der Waals surface area contributed by atoms with E-state index in [0.717, 1.165) is 11.8 Å². The monoisotopic (exact) mass is 418 g/mol. The maximum Gasteiger partial charge on any atom is 0.390 e. The Balaban J connectivity index is 1.51. The number of ether oxygens (including phenoxy) is 1. The van der Waals surface area contributed by atoms with Crippen LogP contribution in [0.15, 0.2) is 46.7 Å². The summed E-state index contributed by atoms with van der Waals surface area (Å²) in [7, 11) is 0. The standard InChI is InChI=1S/C16H14N6O6S/c23-14(24)7-12-15(25)18-16(29-12)19-17-8-10-1-3-11(4-2-10)28-9-21-6-5-13(20-21)22(26)27/h1-6,8,12H,7,9H2,(H,23,24)(H,18,19,25). The molecule has 0 radical (unpaired) electrons. The summed E-state index contributed by atoms with van der Waals surface area (Å²) in [5.41, 5.74) is 0.716. The van der Waals surface area contributed by atoms with Crippen LogP contribution in [0.5, 0.6) is 5.75 Å². The number of nitrogens with one attached hydrogen (secondary N) is 1. The highest BCUT2D eigenvalue weighted by atomic mass is 32.2. The van der Waals surface area contributed by atoms with E-state index in [1.54, 1.807) is 24.3 Å². The van der Waals surface area contributed by atoms with Crippen molar-refractivity contribution in [3.8, 4) is 5.75 Å². The molecule has 2 heterocycles. The summed E-state index contributed by atoms with van der Waals surface area (Å²) in [6, 6.07) is 8.08. The number of carbonyl (C=O) groups excluding carboxylic acids is 1. The molecule has 1 aromatic heterocycles. The molecule has 1 aliphatic rings. The van der Waals surface area contributed by atoms with Crippen molar-refractivity contribution in [2.75, 3.05) is 0 Å². The zero-order valence-electron chi connectivity index (χ0n) is 14.7. The molecule has 0 bridgehead atoms. The van der Waals surface area contributed by atoms with Gasteiger partial charge in [0.1, 0.15) is 11.0 Å². The minimum absolute atomic E-state index is 0.0172. The van der Waals surface area contributed by atoms with Crippen LogP contribution in [0.3, 0.4) is 0 Å². The fourth-order valence-electron chi connectivity index (χ4n) is 2.20. The minimum atomic E-state index is -1.06. The van der Waals surface area contributed by atoms with Gasteiger partial charge in [-0.3, -0.25) is 9.59 Å². The Labute approximate surface area is 167 Å². The average Bonchev–Trinajstić information content (AvgIpc) is 3.28. The minimum Gasteiger partial charge on any atom is -0.481 e. The molecule has 1 aliphatic heterocycles. The van der Waals surface area contributed by atoms with E-state index >= 15 is 0 Å². The van der Waals surface area contributed by atoms with Gasteiger partial charge in [0.15, 0.2) is 5.17 Å². The Kier molecular flexibility index (Phi) is 6.19. The lowest BCUT2D eigenvalue weighted by atomic mass is 10.2. The highest BCUT2D eigenvalue weighted by molar-refractivity contribution is 8.15. The molecular weight excluding hydrogens is 404 g/mol. The smallest absolute Gasteiger partial charge is 0.390 e. The Morgan fingerprint density at radius 1 is 1.41 bits per heavy atom. The van der Waals surface area contributed by atoms with Crippen molar-refractivity contribution in [3.05, 3.63) is 52.2 Å². The molecule has 3 rings (SSSR count). The number of amides is 1. The van der Waals surface area contributed by atoms with Gasteiger partial charge in [0.05, 0.1) is 30.0 Å². The van der Waals surface area contributed by atoms with Crippen LogP contribution in [-0.2, 0) is 16.3 Å². The fraction of sp³-hybridized carbons (Fsp3) is 0.188. The van der Waals surface area contributed by atoms with Gasteiger partial charge < -0.3 is 25.3 Å². The van der Waals surface area contributed by atoms with Crippen LogP contribution in [0, 0.1) is 10.1 Å². The van der Waals surface area contributed by atoms with Gasteiger partial charge in [0, 0.05) is 0 Å². The van der Waals surface area contributed by atoms with E-state index in [1.807, 2.05) is 0 Å². The molecule has 12 nitrogen and oxygen atoms in total. The molecule has 2 aromatic rings. The van der Waals surface area contributed by atoms with Crippen molar-refractivity contribution in [1.29, 1.82) is 0 Å². The van der Waals surface area contributed by atoms with E-state index in [0.29, 0.717) is 11.3 Å². The van der Waals surface area contributed by atoms with Gasteiger partial charge in [-0.05, 0) is 34.8 Å². The quantitative estimate of drug-likeness (QED) is 0.367. The summed E-state index contributed by atoms with van der Waals surface area (Å²) in [5, 5.41) is 32.8. The second-order valence-electron chi connectivity index (χ2n) is 5.66. The third-order valence-electron chi connectivity index (χ3n) is 3.55. The molecule has 0 spiro atoms. The molecule has 1 atom stereocenters. The second kappa shape index (κ2) is 8.97. The van der Waals surface area contributed by atoms with Crippen molar-refractivity contribution >= 4 is 40.8 Å². The van der Waals surface area contributed by atoms with Gasteiger partial charge in [-0.25, -0.2) is 0 Å². The van der Waals surface area contributed by atoms with Crippen molar-refractivity contribution in [2.24, 2.45) is 10.2 Å². The van der Waals surface area contributed by atoms with E-state index in [9.17, 15) is 19.7 Å². The number of carboxylic acid groups (broad SMARTS) is 1. The largest absolute Gasteiger partial charge is 0.481 e. The predicted octanol–water partition coefficient (Wildman–Crippen LogP) is 1.22. The van der Waals surface area contributed by atoms with E-state index in [2.05, 4.69) is 20.6 Å². The van der Waals surface area contributed by atoms with E-state index in [4.69, 9.17) is 9.84 Å². The molecule has 1 amide bonds. The molecule has 1 aromatic carbocycles. The van der Waals surface area contributed by atoms with Crippen LogP contribution in [0.2, 0.25) is 0 Å². The van der Waals surface area contributed by atoms with Crippen LogP contribution >= 0.6 is 11.8 Å². The van der Waals surface area contributed by atoms with Crippen LogP contribution in [-0.4, -0.2) is 48.3 Å². The number of rotatable bonds is 8. The van der Waals surface area contributed by atoms with Gasteiger partial charge in [-0.1, -0.05) is 11.8 Å². The number of carboxylic acids is 1. The number of amidine groups is 1. The van der Waals surface area contributed by atoms with E-state index in [-0.39, 0.29) is 24.1 Å². The number of carbonyl (C=O) groups is 2. The lowest BCUT2D eigenvalue weighted by molar-refractivity contribution is -0.389. The maximum absolute atomic E-state index is 11.6. The first-order valence-electron chi connectivity index (χ1n) is 8.12. The van der Waals surface area contributed by atoms with Crippen LogP contribution in [0.25, 0.3) is 0 Å². The summed E-state index contributed by atoms with van der Waals surface area (Å²) in [6.45, 7) is 0.0172. The summed E-state index contributed by atoms with van der Waals surface area (Å²) in [5.74, 6) is -1.19. The molecule has 150 valence electrons. The van der Waals surface area contributed by atoms with Gasteiger partial charge in [0.2, 0.25) is 12.6 Å². The highest BCUT2D eigenvalue weighted by Crippen LogP contribution is 2.22. The number of aliphatic carboxylic acids is 1. The third kappa shape index (κ3) is 5.62. The maximum atomic E-state index is 11.6. The number of hydrogen-bond acceptors (Lipinski definition) is 9. The lowest BCUT2D eigenvalue weighted by Crippen LogP contribution is -2.26.